The molecule has 0 saturated carbocycles. The number of aryl methyl sites for hydroxylation is 2. The highest BCUT2D eigenvalue weighted by atomic mass is 19.1. The van der Waals surface area contributed by atoms with Crippen LogP contribution >= 0.6 is 0 Å². The fourth-order valence-electron chi connectivity index (χ4n) is 3.97. The number of piperidine rings is 1. The molecule has 138 valence electrons. The Kier molecular flexibility index (Phi) is 3.40. The van der Waals surface area contributed by atoms with Gasteiger partial charge in [-0.05, 0) is 44.0 Å². The third kappa shape index (κ3) is 2.45. The smallest absolute Gasteiger partial charge is 0.273 e. The van der Waals surface area contributed by atoms with Crippen molar-refractivity contribution in [1.82, 2.24) is 29.7 Å². The predicted octanol–water partition coefficient (Wildman–Crippen LogP) is 1.38. The fraction of sp³-hybridized carbons (Fsp3) is 0.389. The topological polar surface area (TPSA) is 79.5 Å². The van der Waals surface area contributed by atoms with Crippen molar-refractivity contribution in [2.24, 2.45) is 0 Å². The molecular formula is C18H18FN7O. The van der Waals surface area contributed by atoms with Crippen LogP contribution < -0.4 is 4.90 Å². The normalized spacial score (nSPS) is 21.4. The number of nitrogens with zero attached hydrogens (tertiary/aromatic N) is 7. The maximum atomic E-state index is 13.4. The first kappa shape index (κ1) is 16.1. The van der Waals surface area contributed by atoms with Gasteiger partial charge in [-0.1, -0.05) is 0 Å². The van der Waals surface area contributed by atoms with Crippen molar-refractivity contribution in [2.45, 2.75) is 32.4 Å². The second-order valence-electron chi connectivity index (χ2n) is 7.19. The average molecular weight is 367 g/mol. The molecule has 3 aromatic rings. The van der Waals surface area contributed by atoms with E-state index in [4.69, 9.17) is 0 Å². The van der Waals surface area contributed by atoms with E-state index in [-0.39, 0.29) is 18.0 Å². The Morgan fingerprint density at radius 1 is 1.19 bits per heavy atom. The van der Waals surface area contributed by atoms with E-state index >= 15 is 0 Å². The summed E-state index contributed by atoms with van der Waals surface area (Å²) in [5.41, 5.74) is 1.45. The summed E-state index contributed by atoms with van der Waals surface area (Å²) >= 11 is 0. The lowest BCUT2D eigenvalue weighted by Crippen LogP contribution is -2.70. The molecule has 0 aliphatic carbocycles. The van der Waals surface area contributed by atoms with Crippen molar-refractivity contribution < 1.29 is 9.18 Å². The summed E-state index contributed by atoms with van der Waals surface area (Å²) in [6, 6.07) is 5.58. The van der Waals surface area contributed by atoms with Crippen molar-refractivity contribution in [3.63, 3.8) is 0 Å². The van der Waals surface area contributed by atoms with E-state index in [0.717, 1.165) is 24.3 Å². The molecule has 3 saturated heterocycles. The molecule has 1 amide bonds. The van der Waals surface area contributed by atoms with E-state index in [1.54, 1.807) is 11.4 Å². The molecule has 0 radical (unpaired) electrons. The maximum absolute atomic E-state index is 13.4. The van der Waals surface area contributed by atoms with E-state index in [9.17, 15) is 9.18 Å². The molecule has 27 heavy (non-hydrogen) atoms. The van der Waals surface area contributed by atoms with Gasteiger partial charge in [0.25, 0.3) is 5.91 Å². The van der Waals surface area contributed by atoms with Crippen LogP contribution in [0.1, 0.15) is 28.3 Å². The van der Waals surface area contributed by atoms with Crippen molar-refractivity contribution in [2.75, 3.05) is 18.0 Å². The maximum Gasteiger partial charge on any atom is 0.273 e. The van der Waals surface area contributed by atoms with Gasteiger partial charge in [0.05, 0.1) is 18.3 Å². The van der Waals surface area contributed by atoms with Gasteiger partial charge in [0.2, 0.25) is 0 Å². The number of hydrogen-bond acceptors (Lipinski definition) is 6. The molecule has 2 bridgehead atoms. The number of aromatic nitrogens is 5. The van der Waals surface area contributed by atoms with Crippen molar-refractivity contribution in [1.29, 1.82) is 0 Å². The summed E-state index contributed by atoms with van der Waals surface area (Å²) in [7, 11) is 0. The number of carbonyl (C=O) groups excluding carboxylic acids is 1. The lowest BCUT2D eigenvalue weighted by molar-refractivity contribution is 0.00519. The number of amides is 1. The van der Waals surface area contributed by atoms with Gasteiger partial charge in [-0.3, -0.25) is 4.79 Å². The van der Waals surface area contributed by atoms with Gasteiger partial charge >= 0.3 is 0 Å². The minimum Gasteiger partial charge on any atom is -0.351 e. The number of rotatable bonds is 2. The molecule has 6 rings (SSSR count). The second-order valence-corrected chi connectivity index (χ2v) is 7.19. The fourth-order valence-corrected chi connectivity index (χ4v) is 3.97. The molecular weight excluding hydrogens is 349 g/mol. The highest BCUT2D eigenvalue weighted by Gasteiger charge is 2.48. The predicted molar refractivity (Wildman–Crippen MR) is 95.0 cm³/mol. The van der Waals surface area contributed by atoms with Gasteiger partial charge in [0.1, 0.15) is 17.3 Å². The molecule has 2 unspecified atom stereocenters. The summed E-state index contributed by atoms with van der Waals surface area (Å²) in [6.45, 7) is 4.92. The van der Waals surface area contributed by atoms with Crippen LogP contribution in [0.25, 0.3) is 5.65 Å². The molecule has 9 heteroatoms. The number of pyridine rings is 1. The molecule has 6 heterocycles. The Balaban J connectivity index is 1.36. The van der Waals surface area contributed by atoms with E-state index in [2.05, 4.69) is 25.2 Å². The Morgan fingerprint density at radius 3 is 2.70 bits per heavy atom. The van der Waals surface area contributed by atoms with Crippen LogP contribution in [-0.2, 0) is 0 Å². The zero-order chi connectivity index (χ0) is 18.7. The van der Waals surface area contributed by atoms with E-state index < -0.39 is 5.82 Å². The molecule has 3 aliphatic heterocycles. The summed E-state index contributed by atoms with van der Waals surface area (Å²) in [5.74, 6) is 1.07. The first-order valence-electron chi connectivity index (χ1n) is 8.90. The quantitative estimate of drug-likeness (QED) is 0.681. The van der Waals surface area contributed by atoms with Crippen molar-refractivity contribution in [3.05, 3.63) is 47.3 Å². The van der Waals surface area contributed by atoms with Crippen LogP contribution in [0.4, 0.5) is 10.2 Å². The second kappa shape index (κ2) is 5.70. The molecule has 0 N–H and O–H groups in total. The minimum absolute atomic E-state index is 0.114. The van der Waals surface area contributed by atoms with E-state index in [1.165, 1.54) is 6.07 Å². The van der Waals surface area contributed by atoms with Crippen LogP contribution in [0.2, 0.25) is 0 Å². The first-order chi connectivity index (χ1) is 13.0. The Morgan fingerprint density at radius 2 is 1.96 bits per heavy atom. The molecule has 3 aliphatic rings. The van der Waals surface area contributed by atoms with Gasteiger partial charge in [-0.15, -0.1) is 15.3 Å². The van der Waals surface area contributed by atoms with Crippen LogP contribution in [0.3, 0.4) is 0 Å². The van der Waals surface area contributed by atoms with Crippen LogP contribution in [0.15, 0.2) is 24.4 Å². The standard InChI is InChI=1S/C18H18FN7O/c1-10-5-15(20-7-14(10)19)18(27)25-12-6-13(25)9-24(8-12)17-4-3-16-22-21-11(2)26(16)23-17/h3-5,7,12-13H,6,8-9H2,1-2H3. The Bertz CT molecular complexity index is 1050. The van der Waals surface area contributed by atoms with Gasteiger partial charge in [-0.2, -0.15) is 4.52 Å². The van der Waals surface area contributed by atoms with Crippen molar-refractivity contribution in [3.8, 4) is 0 Å². The zero-order valence-electron chi connectivity index (χ0n) is 15.0. The molecule has 3 fully saturated rings. The number of carbonyl (C=O) groups is 1. The van der Waals surface area contributed by atoms with Gasteiger partial charge in [-0.25, -0.2) is 9.37 Å². The number of fused-ring (bicyclic) bond motifs is 3. The monoisotopic (exact) mass is 367 g/mol. The Labute approximate surface area is 154 Å². The van der Waals surface area contributed by atoms with Gasteiger partial charge < -0.3 is 9.80 Å². The minimum atomic E-state index is -0.396. The zero-order valence-corrected chi connectivity index (χ0v) is 15.0. The molecule has 3 aromatic heterocycles. The number of halogens is 1. The Hall–Kier alpha value is -3.10. The van der Waals surface area contributed by atoms with Crippen LogP contribution in [0.5, 0.6) is 0 Å². The lowest BCUT2D eigenvalue weighted by atomic mass is 9.87. The van der Waals surface area contributed by atoms with Gasteiger partial charge in [0, 0.05) is 13.1 Å². The van der Waals surface area contributed by atoms with Gasteiger partial charge in [0.15, 0.2) is 11.5 Å². The number of anilines is 1. The SMILES string of the molecule is Cc1cc(C(=O)N2C3CC2CN(c2ccc4nnc(C)n4n2)C3)ncc1F. The lowest BCUT2D eigenvalue weighted by Gasteiger charge is -2.56. The summed E-state index contributed by atoms with van der Waals surface area (Å²) in [5, 5.41) is 12.7. The van der Waals surface area contributed by atoms with E-state index in [0.29, 0.717) is 30.0 Å². The molecule has 0 aromatic carbocycles. The summed E-state index contributed by atoms with van der Waals surface area (Å²) in [6.07, 6.45) is 2.08. The third-order valence-corrected chi connectivity index (χ3v) is 5.42. The molecule has 2 atom stereocenters. The average Bonchev–Trinajstić information content (AvgIpc) is 3.04. The summed E-state index contributed by atoms with van der Waals surface area (Å²) in [4.78, 5) is 20.9. The number of hydrogen-bond donors (Lipinski definition) is 0. The first-order valence-corrected chi connectivity index (χ1v) is 8.90. The molecule has 0 spiro atoms. The van der Waals surface area contributed by atoms with E-state index in [1.807, 2.05) is 24.0 Å². The number of piperazine rings is 1. The van der Waals surface area contributed by atoms with Crippen LogP contribution in [-0.4, -0.2) is 60.8 Å². The molecule has 8 nitrogen and oxygen atoms in total. The van der Waals surface area contributed by atoms with Crippen LogP contribution in [0, 0.1) is 19.7 Å². The highest BCUT2D eigenvalue weighted by Crippen LogP contribution is 2.35. The highest BCUT2D eigenvalue weighted by molar-refractivity contribution is 5.93. The third-order valence-electron chi connectivity index (χ3n) is 5.42. The largest absolute Gasteiger partial charge is 0.351 e. The summed E-state index contributed by atoms with van der Waals surface area (Å²) < 4.78 is 15.2. The van der Waals surface area contributed by atoms with Crippen molar-refractivity contribution >= 4 is 17.4 Å².